The zero-order chi connectivity index (χ0) is 9.84. The van der Waals surface area contributed by atoms with Crippen LogP contribution in [-0.4, -0.2) is 36.2 Å². The van der Waals surface area contributed by atoms with Gasteiger partial charge < -0.3 is 10.5 Å². The Morgan fingerprint density at radius 2 is 2.38 bits per heavy atom. The fraction of sp³-hybridized carbons (Fsp3) is 0.889. The van der Waals surface area contributed by atoms with E-state index in [9.17, 15) is 4.79 Å². The smallest absolute Gasteiger partial charge is 0.410 e. The van der Waals surface area contributed by atoms with E-state index in [2.05, 4.69) is 0 Å². The van der Waals surface area contributed by atoms with Crippen LogP contribution >= 0.6 is 0 Å². The molecule has 1 amide bonds. The Balaban J connectivity index is 2.49. The van der Waals surface area contributed by atoms with Gasteiger partial charge in [0, 0.05) is 6.04 Å². The van der Waals surface area contributed by atoms with Crippen LogP contribution < -0.4 is 5.73 Å². The number of carbonyl (C=O) groups excluding carboxylic acids is 1. The number of ether oxygens (including phenoxy) is 1. The van der Waals surface area contributed by atoms with Crippen LogP contribution in [0.1, 0.15) is 26.7 Å². The SMILES string of the molecule is CC(C)N1C(=O)OCC1CCCN. The van der Waals surface area contributed by atoms with Crippen LogP contribution in [0.2, 0.25) is 0 Å². The maximum absolute atomic E-state index is 11.3. The Labute approximate surface area is 79.0 Å². The molecular formula is C9H18N2O2. The predicted octanol–water partition coefficient (Wildman–Crippen LogP) is 0.954. The Bertz CT molecular complexity index is 182. The number of rotatable bonds is 4. The molecule has 4 nitrogen and oxygen atoms in total. The highest BCUT2D eigenvalue weighted by molar-refractivity contribution is 5.70. The molecule has 0 saturated carbocycles. The van der Waals surface area contributed by atoms with Gasteiger partial charge in [0.2, 0.25) is 0 Å². The molecule has 0 spiro atoms. The lowest BCUT2D eigenvalue weighted by Crippen LogP contribution is -2.39. The van der Waals surface area contributed by atoms with Gasteiger partial charge in [-0.2, -0.15) is 0 Å². The van der Waals surface area contributed by atoms with E-state index >= 15 is 0 Å². The zero-order valence-corrected chi connectivity index (χ0v) is 8.32. The number of hydrogen-bond donors (Lipinski definition) is 1. The summed E-state index contributed by atoms with van der Waals surface area (Å²) in [7, 11) is 0. The molecule has 1 heterocycles. The number of cyclic esters (lactones) is 1. The van der Waals surface area contributed by atoms with E-state index in [0.717, 1.165) is 12.8 Å². The summed E-state index contributed by atoms with van der Waals surface area (Å²) in [5, 5.41) is 0. The first kappa shape index (κ1) is 10.3. The first-order valence-corrected chi connectivity index (χ1v) is 4.82. The highest BCUT2D eigenvalue weighted by Gasteiger charge is 2.33. The molecule has 0 aliphatic carbocycles. The first-order chi connectivity index (χ1) is 6.16. The summed E-state index contributed by atoms with van der Waals surface area (Å²) in [5.41, 5.74) is 5.42. The molecule has 1 aliphatic rings. The van der Waals surface area contributed by atoms with Gasteiger partial charge in [0.25, 0.3) is 0 Å². The summed E-state index contributed by atoms with van der Waals surface area (Å²) in [6, 6.07) is 0.453. The largest absolute Gasteiger partial charge is 0.447 e. The molecule has 1 atom stereocenters. The average molecular weight is 186 g/mol. The molecular weight excluding hydrogens is 168 g/mol. The number of amides is 1. The van der Waals surface area contributed by atoms with E-state index in [1.54, 1.807) is 4.90 Å². The Hall–Kier alpha value is -0.770. The number of carbonyl (C=O) groups is 1. The monoisotopic (exact) mass is 186 g/mol. The normalized spacial score (nSPS) is 22.6. The van der Waals surface area contributed by atoms with Gasteiger partial charge in [-0.25, -0.2) is 4.79 Å². The molecule has 0 bridgehead atoms. The number of nitrogens with zero attached hydrogens (tertiary/aromatic N) is 1. The highest BCUT2D eigenvalue weighted by Crippen LogP contribution is 2.19. The summed E-state index contributed by atoms with van der Waals surface area (Å²) < 4.78 is 4.98. The maximum atomic E-state index is 11.3. The van der Waals surface area contributed by atoms with Crippen LogP contribution in [0.25, 0.3) is 0 Å². The Kier molecular flexibility index (Phi) is 3.54. The molecule has 13 heavy (non-hydrogen) atoms. The van der Waals surface area contributed by atoms with Crippen molar-refractivity contribution in [1.29, 1.82) is 0 Å². The van der Waals surface area contributed by atoms with E-state index in [1.807, 2.05) is 13.8 Å². The van der Waals surface area contributed by atoms with Crippen molar-refractivity contribution in [3.05, 3.63) is 0 Å². The summed E-state index contributed by atoms with van der Waals surface area (Å²) >= 11 is 0. The lowest BCUT2D eigenvalue weighted by atomic mass is 10.1. The van der Waals surface area contributed by atoms with Crippen molar-refractivity contribution < 1.29 is 9.53 Å². The van der Waals surface area contributed by atoms with Crippen LogP contribution in [0, 0.1) is 0 Å². The molecule has 1 rings (SSSR count). The molecule has 0 aromatic heterocycles. The lowest BCUT2D eigenvalue weighted by Gasteiger charge is -2.24. The van der Waals surface area contributed by atoms with Gasteiger partial charge in [0.1, 0.15) is 6.61 Å². The Morgan fingerprint density at radius 1 is 1.69 bits per heavy atom. The standard InChI is InChI=1S/C9H18N2O2/c1-7(2)11-8(4-3-5-10)6-13-9(11)12/h7-8H,3-6,10H2,1-2H3. The molecule has 76 valence electrons. The van der Waals surface area contributed by atoms with Crippen molar-refractivity contribution in [1.82, 2.24) is 4.90 Å². The van der Waals surface area contributed by atoms with Crippen LogP contribution in [0.15, 0.2) is 0 Å². The predicted molar refractivity (Wildman–Crippen MR) is 50.4 cm³/mol. The van der Waals surface area contributed by atoms with Crippen LogP contribution in [0.5, 0.6) is 0 Å². The van der Waals surface area contributed by atoms with E-state index < -0.39 is 0 Å². The second-order valence-electron chi connectivity index (χ2n) is 3.66. The minimum atomic E-state index is -0.183. The van der Waals surface area contributed by atoms with Crippen LogP contribution in [0.4, 0.5) is 4.79 Å². The third-order valence-electron chi connectivity index (χ3n) is 2.30. The van der Waals surface area contributed by atoms with Crippen LogP contribution in [-0.2, 0) is 4.74 Å². The highest BCUT2D eigenvalue weighted by atomic mass is 16.6. The van der Waals surface area contributed by atoms with Gasteiger partial charge in [-0.3, -0.25) is 4.90 Å². The third kappa shape index (κ3) is 2.34. The molecule has 4 heteroatoms. The third-order valence-corrected chi connectivity index (χ3v) is 2.30. The van der Waals surface area contributed by atoms with Gasteiger partial charge in [0.15, 0.2) is 0 Å². The molecule has 1 unspecified atom stereocenters. The van der Waals surface area contributed by atoms with E-state index in [4.69, 9.17) is 10.5 Å². The van der Waals surface area contributed by atoms with Crippen molar-refractivity contribution >= 4 is 6.09 Å². The van der Waals surface area contributed by atoms with Gasteiger partial charge >= 0.3 is 6.09 Å². The molecule has 0 aromatic rings. The second kappa shape index (κ2) is 4.46. The van der Waals surface area contributed by atoms with E-state index in [0.29, 0.717) is 13.2 Å². The number of nitrogens with two attached hydrogens (primary N) is 1. The van der Waals surface area contributed by atoms with Gasteiger partial charge in [-0.05, 0) is 33.2 Å². The fourth-order valence-electron chi connectivity index (χ4n) is 1.68. The fourth-order valence-corrected chi connectivity index (χ4v) is 1.68. The summed E-state index contributed by atoms with van der Waals surface area (Å²) in [4.78, 5) is 13.1. The first-order valence-electron chi connectivity index (χ1n) is 4.82. The van der Waals surface area contributed by atoms with Crippen molar-refractivity contribution in [3.63, 3.8) is 0 Å². The maximum Gasteiger partial charge on any atom is 0.410 e. The average Bonchev–Trinajstić information content (AvgIpc) is 2.43. The quantitative estimate of drug-likeness (QED) is 0.711. The molecule has 1 saturated heterocycles. The van der Waals surface area contributed by atoms with E-state index in [-0.39, 0.29) is 18.2 Å². The van der Waals surface area contributed by atoms with Crippen molar-refractivity contribution in [2.75, 3.05) is 13.2 Å². The summed E-state index contributed by atoms with van der Waals surface area (Å²) in [5.74, 6) is 0. The van der Waals surface area contributed by atoms with E-state index in [1.165, 1.54) is 0 Å². The Morgan fingerprint density at radius 3 is 2.92 bits per heavy atom. The minimum absolute atomic E-state index is 0.183. The molecule has 0 aromatic carbocycles. The van der Waals surface area contributed by atoms with Gasteiger partial charge in [0.05, 0.1) is 6.04 Å². The van der Waals surface area contributed by atoms with Crippen molar-refractivity contribution in [2.45, 2.75) is 38.8 Å². The lowest BCUT2D eigenvalue weighted by molar-refractivity contribution is 0.149. The number of hydrogen-bond acceptors (Lipinski definition) is 3. The topological polar surface area (TPSA) is 55.6 Å². The van der Waals surface area contributed by atoms with Gasteiger partial charge in [-0.1, -0.05) is 0 Å². The van der Waals surface area contributed by atoms with Gasteiger partial charge in [-0.15, -0.1) is 0 Å². The van der Waals surface area contributed by atoms with Crippen LogP contribution in [0.3, 0.4) is 0 Å². The second-order valence-corrected chi connectivity index (χ2v) is 3.66. The van der Waals surface area contributed by atoms with Crippen molar-refractivity contribution in [3.8, 4) is 0 Å². The summed E-state index contributed by atoms with van der Waals surface area (Å²) in [6.45, 7) is 5.21. The molecule has 1 fully saturated rings. The zero-order valence-electron chi connectivity index (χ0n) is 8.32. The molecule has 0 radical (unpaired) electrons. The minimum Gasteiger partial charge on any atom is -0.447 e. The molecule has 2 N–H and O–H groups in total. The summed E-state index contributed by atoms with van der Waals surface area (Å²) in [6.07, 6.45) is 1.71. The molecule has 1 aliphatic heterocycles. The van der Waals surface area contributed by atoms with Crippen molar-refractivity contribution in [2.24, 2.45) is 5.73 Å².